The Morgan fingerprint density at radius 1 is 1.79 bits per heavy atom. The van der Waals surface area contributed by atoms with Crippen LogP contribution < -0.4 is 11.1 Å². The molecule has 1 heterocycles. The van der Waals surface area contributed by atoms with E-state index in [1.54, 1.807) is 18.3 Å². The Kier molecular flexibility index (Phi) is 3.85. The summed E-state index contributed by atoms with van der Waals surface area (Å²) in [5.41, 5.74) is 5.53. The number of nitrogens with one attached hydrogen (secondary N) is 1. The van der Waals surface area contributed by atoms with E-state index in [4.69, 9.17) is 17.3 Å². The molecule has 76 valence electrons. The Morgan fingerprint density at radius 3 is 3.07 bits per heavy atom. The number of pyridine rings is 1. The van der Waals surface area contributed by atoms with Crippen LogP contribution in [0.4, 0.5) is 5.82 Å². The van der Waals surface area contributed by atoms with Crippen LogP contribution in [-0.2, 0) is 4.79 Å². The van der Waals surface area contributed by atoms with Crippen molar-refractivity contribution in [1.29, 1.82) is 0 Å². The predicted molar refractivity (Wildman–Crippen MR) is 56.1 cm³/mol. The largest absolute Gasteiger partial charge is 0.320 e. The summed E-state index contributed by atoms with van der Waals surface area (Å²) in [7, 11) is 0. The quantitative estimate of drug-likeness (QED) is 0.798. The van der Waals surface area contributed by atoms with Gasteiger partial charge >= 0.3 is 0 Å². The Balaban J connectivity index is 2.70. The number of hydrogen-bond acceptors (Lipinski definition) is 3. The van der Waals surface area contributed by atoms with E-state index in [0.717, 1.165) is 0 Å². The maximum atomic E-state index is 11.4. The number of amides is 1. The molecule has 0 saturated heterocycles. The van der Waals surface area contributed by atoms with Gasteiger partial charge in [0, 0.05) is 6.20 Å². The summed E-state index contributed by atoms with van der Waals surface area (Å²) in [6.45, 7) is 1.84. The van der Waals surface area contributed by atoms with Crippen molar-refractivity contribution in [3.8, 4) is 0 Å². The van der Waals surface area contributed by atoms with Crippen molar-refractivity contribution in [3.05, 3.63) is 23.4 Å². The summed E-state index contributed by atoms with van der Waals surface area (Å²) >= 11 is 5.80. The second-order valence-electron chi connectivity index (χ2n) is 2.84. The zero-order valence-electron chi connectivity index (χ0n) is 7.83. The lowest BCUT2D eigenvalue weighted by Gasteiger charge is -2.09. The molecule has 0 aliphatic heterocycles. The van der Waals surface area contributed by atoms with Crippen molar-refractivity contribution in [1.82, 2.24) is 4.98 Å². The zero-order valence-corrected chi connectivity index (χ0v) is 8.58. The topological polar surface area (TPSA) is 68.0 Å². The van der Waals surface area contributed by atoms with Gasteiger partial charge in [-0.15, -0.1) is 0 Å². The van der Waals surface area contributed by atoms with E-state index in [1.807, 2.05) is 6.92 Å². The van der Waals surface area contributed by atoms with Crippen LogP contribution in [0.25, 0.3) is 0 Å². The van der Waals surface area contributed by atoms with E-state index < -0.39 is 6.04 Å². The number of nitrogens with two attached hydrogens (primary N) is 1. The Bertz CT molecular complexity index is 330. The smallest absolute Gasteiger partial charge is 0.242 e. The number of carbonyl (C=O) groups is 1. The highest BCUT2D eigenvalue weighted by atomic mass is 35.5. The van der Waals surface area contributed by atoms with E-state index in [0.29, 0.717) is 17.3 Å². The molecule has 1 aromatic rings. The molecule has 0 fully saturated rings. The van der Waals surface area contributed by atoms with Gasteiger partial charge in [-0.1, -0.05) is 18.5 Å². The number of carbonyl (C=O) groups excluding carboxylic acids is 1. The predicted octanol–water partition coefficient (Wildman–Crippen LogP) is 1.41. The molecule has 5 heteroatoms. The van der Waals surface area contributed by atoms with Gasteiger partial charge in [0.15, 0.2) is 5.82 Å². The number of rotatable bonds is 3. The Labute approximate surface area is 87.5 Å². The van der Waals surface area contributed by atoms with Crippen molar-refractivity contribution in [3.63, 3.8) is 0 Å². The average molecular weight is 214 g/mol. The molecule has 1 unspecified atom stereocenters. The third kappa shape index (κ3) is 2.68. The molecule has 0 aromatic carbocycles. The average Bonchev–Trinajstić information content (AvgIpc) is 2.20. The molecule has 0 bridgehead atoms. The monoisotopic (exact) mass is 213 g/mol. The fourth-order valence-electron chi connectivity index (χ4n) is 0.872. The standard InChI is InChI=1S/C9H12ClN3O/c1-2-7(11)9(14)13-8-6(10)4-3-5-12-8/h3-5,7H,2,11H2,1H3,(H,12,13,14). The van der Waals surface area contributed by atoms with Gasteiger partial charge in [-0.05, 0) is 18.6 Å². The molecule has 0 aliphatic rings. The molecule has 1 rings (SSSR count). The zero-order chi connectivity index (χ0) is 10.6. The third-order valence-corrected chi connectivity index (χ3v) is 2.08. The molecule has 14 heavy (non-hydrogen) atoms. The number of aromatic nitrogens is 1. The first-order chi connectivity index (χ1) is 6.65. The fraction of sp³-hybridized carbons (Fsp3) is 0.333. The van der Waals surface area contributed by atoms with E-state index in [9.17, 15) is 4.79 Å². The van der Waals surface area contributed by atoms with Crippen LogP contribution in [0.5, 0.6) is 0 Å². The highest BCUT2D eigenvalue weighted by Crippen LogP contribution is 2.17. The third-order valence-electron chi connectivity index (χ3n) is 1.78. The fourth-order valence-corrected chi connectivity index (χ4v) is 1.04. The molecule has 0 spiro atoms. The van der Waals surface area contributed by atoms with Gasteiger partial charge in [-0.3, -0.25) is 4.79 Å². The summed E-state index contributed by atoms with van der Waals surface area (Å²) in [4.78, 5) is 15.3. The van der Waals surface area contributed by atoms with Gasteiger partial charge in [0.25, 0.3) is 0 Å². The van der Waals surface area contributed by atoms with Gasteiger partial charge in [-0.2, -0.15) is 0 Å². The first-order valence-corrected chi connectivity index (χ1v) is 4.70. The van der Waals surface area contributed by atoms with Gasteiger partial charge < -0.3 is 11.1 Å². The summed E-state index contributed by atoms with van der Waals surface area (Å²) in [5.74, 6) is 0.0798. The summed E-state index contributed by atoms with van der Waals surface area (Å²) in [5, 5.41) is 2.96. The maximum absolute atomic E-state index is 11.4. The molecule has 1 amide bonds. The minimum Gasteiger partial charge on any atom is -0.320 e. The van der Waals surface area contributed by atoms with Gasteiger partial charge in [0.05, 0.1) is 11.1 Å². The lowest BCUT2D eigenvalue weighted by Crippen LogP contribution is -2.35. The van der Waals surface area contributed by atoms with Crippen molar-refractivity contribution >= 4 is 23.3 Å². The second kappa shape index (κ2) is 4.93. The summed E-state index contributed by atoms with van der Waals surface area (Å²) in [6.07, 6.45) is 2.13. The number of nitrogens with zero attached hydrogens (tertiary/aromatic N) is 1. The number of halogens is 1. The molecular formula is C9H12ClN3O. The Hall–Kier alpha value is -1.13. The molecule has 1 aromatic heterocycles. The van der Waals surface area contributed by atoms with Crippen LogP contribution in [0.15, 0.2) is 18.3 Å². The van der Waals surface area contributed by atoms with Crippen molar-refractivity contribution in [2.45, 2.75) is 19.4 Å². The number of hydrogen-bond donors (Lipinski definition) is 2. The first-order valence-electron chi connectivity index (χ1n) is 4.32. The number of anilines is 1. The van der Waals surface area contributed by atoms with Gasteiger partial charge in [0.2, 0.25) is 5.91 Å². The minimum atomic E-state index is -0.520. The SMILES string of the molecule is CCC(N)C(=O)Nc1ncccc1Cl. The molecule has 0 aliphatic carbocycles. The van der Waals surface area contributed by atoms with Crippen LogP contribution in [0.3, 0.4) is 0 Å². The second-order valence-corrected chi connectivity index (χ2v) is 3.25. The maximum Gasteiger partial charge on any atom is 0.242 e. The van der Waals surface area contributed by atoms with Gasteiger partial charge in [-0.25, -0.2) is 4.98 Å². The highest BCUT2D eigenvalue weighted by Gasteiger charge is 2.12. The molecule has 4 nitrogen and oxygen atoms in total. The molecular weight excluding hydrogens is 202 g/mol. The lowest BCUT2D eigenvalue weighted by molar-refractivity contribution is -0.117. The lowest BCUT2D eigenvalue weighted by atomic mass is 10.2. The highest BCUT2D eigenvalue weighted by molar-refractivity contribution is 6.33. The minimum absolute atomic E-state index is 0.270. The molecule has 0 radical (unpaired) electrons. The van der Waals surface area contributed by atoms with Crippen molar-refractivity contribution < 1.29 is 4.79 Å². The van der Waals surface area contributed by atoms with Crippen LogP contribution in [0.2, 0.25) is 5.02 Å². The van der Waals surface area contributed by atoms with Crippen molar-refractivity contribution in [2.24, 2.45) is 5.73 Å². The summed E-state index contributed by atoms with van der Waals surface area (Å²) in [6, 6.07) is 2.83. The van der Waals surface area contributed by atoms with E-state index in [1.165, 1.54) is 0 Å². The Morgan fingerprint density at radius 2 is 2.50 bits per heavy atom. The van der Waals surface area contributed by atoms with Gasteiger partial charge in [0.1, 0.15) is 0 Å². The van der Waals surface area contributed by atoms with E-state index in [2.05, 4.69) is 10.3 Å². The first kappa shape index (κ1) is 10.9. The van der Waals surface area contributed by atoms with E-state index >= 15 is 0 Å². The summed E-state index contributed by atoms with van der Waals surface area (Å²) < 4.78 is 0. The van der Waals surface area contributed by atoms with Crippen molar-refractivity contribution in [2.75, 3.05) is 5.32 Å². The molecule has 1 atom stereocenters. The van der Waals surface area contributed by atoms with Crippen LogP contribution in [-0.4, -0.2) is 16.9 Å². The van der Waals surface area contributed by atoms with Crippen LogP contribution in [0.1, 0.15) is 13.3 Å². The molecule has 3 N–H and O–H groups in total. The molecule has 0 saturated carbocycles. The normalized spacial score (nSPS) is 12.2. The van der Waals surface area contributed by atoms with Crippen LogP contribution >= 0.6 is 11.6 Å². The van der Waals surface area contributed by atoms with Crippen LogP contribution in [0, 0.1) is 0 Å². The van der Waals surface area contributed by atoms with E-state index in [-0.39, 0.29) is 5.91 Å².